The van der Waals surface area contributed by atoms with Crippen LogP contribution in [0.5, 0.6) is 0 Å². The van der Waals surface area contributed by atoms with E-state index >= 15 is 0 Å². The number of aromatic nitrogens is 2. The molecular weight excluding hydrogens is 677 g/mol. The van der Waals surface area contributed by atoms with E-state index in [9.17, 15) is 0 Å². The fourth-order valence-corrected chi connectivity index (χ4v) is 9.56. The van der Waals surface area contributed by atoms with Crippen LogP contribution in [0.1, 0.15) is 0 Å². The lowest BCUT2D eigenvalue weighted by Crippen LogP contribution is -1.96. The molecule has 2 aromatic heterocycles. The summed E-state index contributed by atoms with van der Waals surface area (Å²) >= 11 is 0. The smallest absolute Gasteiger partial charge is 0.0641 e. The lowest BCUT2D eigenvalue weighted by molar-refractivity contribution is 1.17. The summed E-state index contributed by atoms with van der Waals surface area (Å²) in [5, 5.41) is 12.7. The summed E-state index contributed by atoms with van der Waals surface area (Å²) in [5.41, 5.74) is 12.0. The third-order valence-corrected chi connectivity index (χ3v) is 11.9. The lowest BCUT2D eigenvalue weighted by Gasteiger charge is -2.18. The first kappa shape index (κ1) is 31.0. The van der Waals surface area contributed by atoms with Crippen LogP contribution >= 0.6 is 0 Å². The first-order valence-corrected chi connectivity index (χ1v) is 19.4. The first-order valence-electron chi connectivity index (χ1n) is 19.4. The monoisotopic (exact) mass is 710 g/mol. The van der Waals surface area contributed by atoms with Crippen LogP contribution in [-0.2, 0) is 0 Å². The van der Waals surface area contributed by atoms with Gasteiger partial charge in [0.1, 0.15) is 0 Å². The van der Waals surface area contributed by atoms with Gasteiger partial charge in [0.15, 0.2) is 0 Å². The van der Waals surface area contributed by atoms with Crippen molar-refractivity contribution >= 4 is 75.9 Å². The van der Waals surface area contributed by atoms with Crippen molar-refractivity contribution < 1.29 is 0 Å². The third-order valence-electron chi connectivity index (χ3n) is 11.9. The molecule has 2 nitrogen and oxygen atoms in total. The average Bonchev–Trinajstić information content (AvgIpc) is 3.80. The fraction of sp³-hybridized carbons (Fsp3) is 0. The van der Waals surface area contributed by atoms with Gasteiger partial charge in [0.2, 0.25) is 0 Å². The van der Waals surface area contributed by atoms with E-state index in [1.54, 1.807) is 0 Å². The van der Waals surface area contributed by atoms with Gasteiger partial charge in [0, 0.05) is 38.5 Å². The quantitative estimate of drug-likeness (QED) is 0.161. The molecule has 0 saturated heterocycles. The molecule has 0 atom stereocenters. The van der Waals surface area contributed by atoms with Crippen molar-refractivity contribution in [2.75, 3.05) is 0 Å². The molecule has 0 aliphatic rings. The van der Waals surface area contributed by atoms with Crippen LogP contribution in [0.2, 0.25) is 0 Å². The van der Waals surface area contributed by atoms with Crippen LogP contribution in [0, 0.1) is 0 Å². The molecule has 0 aliphatic carbocycles. The molecule has 0 saturated carbocycles. The summed E-state index contributed by atoms with van der Waals surface area (Å²) in [6.45, 7) is 0. The minimum atomic E-state index is 1.14. The zero-order chi connectivity index (χ0) is 36.7. The van der Waals surface area contributed by atoms with E-state index in [0.717, 1.165) is 11.4 Å². The molecule has 12 aromatic rings. The summed E-state index contributed by atoms with van der Waals surface area (Å²) in [6, 6.07) is 75.7. The van der Waals surface area contributed by atoms with Gasteiger partial charge in [-0.25, -0.2) is 0 Å². The molecule has 12 rings (SSSR count). The Morgan fingerprint density at radius 2 is 0.786 bits per heavy atom. The molecule has 56 heavy (non-hydrogen) atoms. The Labute approximate surface area is 323 Å². The topological polar surface area (TPSA) is 9.86 Å². The highest BCUT2D eigenvalue weighted by Crippen LogP contribution is 2.47. The first-order chi connectivity index (χ1) is 27.8. The lowest BCUT2D eigenvalue weighted by atomic mass is 9.86. The molecule has 0 radical (unpaired) electrons. The molecule has 0 aliphatic heterocycles. The number of fused-ring (bicyclic) bond motifs is 13. The predicted molar refractivity (Wildman–Crippen MR) is 239 cm³/mol. The fourth-order valence-electron chi connectivity index (χ4n) is 9.56. The summed E-state index contributed by atoms with van der Waals surface area (Å²) < 4.78 is 4.96. The number of nitrogens with zero attached hydrogens (tertiary/aromatic N) is 2. The van der Waals surface area contributed by atoms with Crippen LogP contribution in [0.3, 0.4) is 0 Å². The van der Waals surface area contributed by atoms with Crippen LogP contribution in [0.15, 0.2) is 206 Å². The normalized spacial score (nSPS) is 11.9. The summed E-state index contributed by atoms with van der Waals surface area (Å²) in [7, 11) is 0. The number of hydrogen-bond acceptors (Lipinski definition) is 0. The van der Waals surface area contributed by atoms with Crippen molar-refractivity contribution in [2.24, 2.45) is 0 Å². The van der Waals surface area contributed by atoms with Crippen LogP contribution in [0.25, 0.3) is 110 Å². The highest BCUT2D eigenvalue weighted by molar-refractivity contribution is 6.30. The van der Waals surface area contributed by atoms with Gasteiger partial charge in [-0.15, -0.1) is 0 Å². The molecule has 0 bridgehead atoms. The van der Waals surface area contributed by atoms with Crippen molar-refractivity contribution in [1.29, 1.82) is 0 Å². The van der Waals surface area contributed by atoms with Crippen molar-refractivity contribution in [3.05, 3.63) is 206 Å². The van der Waals surface area contributed by atoms with Gasteiger partial charge < -0.3 is 9.13 Å². The standard InChI is InChI=1S/C54H34N2/c1-4-17-35(18-5-1)47-33-36(34-48-42-25-11-10-23-40(42)41-24-12-13-27-44(41)51(47)48)39-28-16-29-46-52-50(56(53(39)46)38-21-8-3-9-22-38)32-31-45-43-26-14-15-30-49(43)55(54(45)52)37-19-6-2-7-20-37/h1-34H. The van der Waals surface area contributed by atoms with E-state index in [4.69, 9.17) is 0 Å². The molecule has 0 fully saturated rings. The van der Waals surface area contributed by atoms with Crippen molar-refractivity contribution in [1.82, 2.24) is 9.13 Å². The molecule has 0 amide bonds. The highest BCUT2D eigenvalue weighted by Gasteiger charge is 2.24. The number of benzene rings is 10. The van der Waals surface area contributed by atoms with Gasteiger partial charge in [-0.2, -0.15) is 0 Å². The molecule has 0 unspecified atom stereocenters. The minimum Gasteiger partial charge on any atom is -0.309 e. The number of hydrogen-bond donors (Lipinski definition) is 0. The van der Waals surface area contributed by atoms with Gasteiger partial charge in [-0.05, 0) is 97.5 Å². The largest absolute Gasteiger partial charge is 0.309 e. The summed E-state index contributed by atoms with van der Waals surface area (Å²) in [6.07, 6.45) is 0. The predicted octanol–water partition coefficient (Wildman–Crippen LogP) is 14.7. The van der Waals surface area contributed by atoms with E-state index in [1.807, 2.05) is 0 Å². The second-order valence-electron chi connectivity index (χ2n) is 14.8. The minimum absolute atomic E-state index is 1.14. The zero-order valence-corrected chi connectivity index (χ0v) is 30.5. The Kier molecular flexibility index (Phi) is 6.66. The maximum atomic E-state index is 2.50. The van der Waals surface area contributed by atoms with Gasteiger partial charge >= 0.3 is 0 Å². The Morgan fingerprint density at radius 3 is 1.48 bits per heavy atom. The van der Waals surface area contributed by atoms with E-state index < -0.39 is 0 Å². The Bertz CT molecular complexity index is 3500. The Hall–Kier alpha value is -7.42. The second kappa shape index (κ2) is 12.0. The molecule has 2 heterocycles. The van der Waals surface area contributed by atoms with Gasteiger partial charge in [0.25, 0.3) is 0 Å². The summed E-state index contributed by atoms with van der Waals surface area (Å²) in [5.74, 6) is 0. The Morgan fingerprint density at radius 1 is 0.250 bits per heavy atom. The van der Waals surface area contributed by atoms with Gasteiger partial charge in [0.05, 0.1) is 22.1 Å². The number of para-hydroxylation sites is 4. The van der Waals surface area contributed by atoms with E-state index in [1.165, 1.54) is 98.2 Å². The molecule has 0 N–H and O–H groups in total. The maximum Gasteiger partial charge on any atom is 0.0641 e. The molecule has 10 aromatic carbocycles. The van der Waals surface area contributed by atoms with E-state index in [0.29, 0.717) is 0 Å². The third kappa shape index (κ3) is 4.38. The molecular formula is C54H34N2. The summed E-state index contributed by atoms with van der Waals surface area (Å²) in [4.78, 5) is 0. The van der Waals surface area contributed by atoms with Gasteiger partial charge in [-0.1, -0.05) is 158 Å². The Balaban J connectivity index is 1.28. The van der Waals surface area contributed by atoms with Crippen LogP contribution in [-0.4, -0.2) is 9.13 Å². The van der Waals surface area contributed by atoms with Crippen LogP contribution < -0.4 is 0 Å². The maximum absolute atomic E-state index is 2.50. The van der Waals surface area contributed by atoms with Crippen molar-refractivity contribution in [3.63, 3.8) is 0 Å². The van der Waals surface area contributed by atoms with Gasteiger partial charge in [-0.3, -0.25) is 0 Å². The average molecular weight is 711 g/mol. The number of rotatable bonds is 4. The molecule has 2 heteroatoms. The zero-order valence-electron chi connectivity index (χ0n) is 30.5. The van der Waals surface area contributed by atoms with E-state index in [2.05, 4.69) is 215 Å². The second-order valence-corrected chi connectivity index (χ2v) is 14.8. The van der Waals surface area contributed by atoms with Crippen molar-refractivity contribution in [2.45, 2.75) is 0 Å². The van der Waals surface area contributed by atoms with E-state index in [-0.39, 0.29) is 0 Å². The molecule has 0 spiro atoms. The SMILES string of the molecule is c1ccc(-c2cc(-c3cccc4c5c(ccc6c7ccccc7n(-c7ccccc7)c65)n(-c5ccccc5)c34)cc3c4ccccc4c4ccccc4c23)cc1. The highest BCUT2D eigenvalue weighted by atomic mass is 15.0. The van der Waals surface area contributed by atoms with Crippen molar-refractivity contribution in [3.8, 4) is 33.6 Å². The van der Waals surface area contributed by atoms with Crippen LogP contribution in [0.4, 0.5) is 0 Å². The molecule has 260 valence electrons.